The molecule has 14 heteroatoms. The summed E-state index contributed by atoms with van der Waals surface area (Å²) in [5, 5.41) is 14.3. The van der Waals surface area contributed by atoms with E-state index in [4.69, 9.17) is 27.9 Å². The Morgan fingerprint density at radius 2 is 1.88 bits per heavy atom. The number of carbonyl (C=O) groups is 2. The van der Waals surface area contributed by atoms with Crippen LogP contribution in [0, 0.1) is 0 Å². The lowest BCUT2D eigenvalue weighted by atomic mass is 9.95. The van der Waals surface area contributed by atoms with Crippen LogP contribution in [0.5, 0.6) is 11.5 Å². The summed E-state index contributed by atoms with van der Waals surface area (Å²) >= 11 is 15.6. The van der Waals surface area contributed by atoms with Crippen LogP contribution in [0.15, 0.2) is 69.9 Å². The van der Waals surface area contributed by atoms with Crippen LogP contribution < -0.4 is 26.5 Å². The number of alkyl halides is 1. The number of carbonyl (C=O) groups excluding carboxylic acids is 2. The van der Waals surface area contributed by atoms with Gasteiger partial charge in [0.15, 0.2) is 11.5 Å². The van der Waals surface area contributed by atoms with Crippen LogP contribution in [0.2, 0.25) is 5.02 Å². The van der Waals surface area contributed by atoms with Crippen LogP contribution in [0.4, 0.5) is 5.69 Å². The predicted octanol–water partition coefficient (Wildman–Crippen LogP) is 3.95. The normalized spacial score (nSPS) is 16.2. The molecule has 0 spiro atoms. The standard InChI is InChI=1S/C28H25BrCl2N6O5/c1-42-22-12-15(2-9-21(22)38)26-25(31)28(41)37(26)35-24(39)14-33-36-23(10-11-32-18-6-4-17(30)5-7-18)34-20-8-3-16(29)13-19(20)27(36)40/h2-9,12-13,25-26,32-33,38H,10-11,14H2,1H3,(H,35,39). The quantitative estimate of drug-likeness (QED) is 0.147. The summed E-state index contributed by atoms with van der Waals surface area (Å²) in [5.41, 5.74) is 6.95. The fourth-order valence-corrected chi connectivity index (χ4v) is 5.37. The molecule has 1 fully saturated rings. The molecule has 3 aromatic carbocycles. The molecule has 2 heterocycles. The second-order valence-corrected chi connectivity index (χ2v) is 11.2. The SMILES string of the molecule is COc1cc(C2C(Cl)C(=O)N2NC(=O)CNn2c(CCNc3ccc(Cl)cc3)nc3ccc(Br)cc3c2=O)ccc1O. The molecule has 1 aliphatic rings. The van der Waals surface area contributed by atoms with E-state index in [2.05, 4.69) is 37.1 Å². The molecule has 2 amide bonds. The number of rotatable bonds is 10. The first-order valence-corrected chi connectivity index (χ1v) is 14.3. The van der Waals surface area contributed by atoms with Gasteiger partial charge in [0.1, 0.15) is 23.8 Å². The highest BCUT2D eigenvalue weighted by atomic mass is 79.9. The summed E-state index contributed by atoms with van der Waals surface area (Å²) in [6.07, 6.45) is 0.349. The molecule has 5 rings (SSSR count). The number of nitrogens with zero attached hydrogens (tertiary/aromatic N) is 3. The highest BCUT2D eigenvalue weighted by molar-refractivity contribution is 9.10. The summed E-state index contributed by atoms with van der Waals surface area (Å²) in [7, 11) is 1.40. The van der Waals surface area contributed by atoms with E-state index in [9.17, 15) is 19.5 Å². The Kier molecular flexibility index (Phi) is 8.76. The van der Waals surface area contributed by atoms with Crippen LogP contribution in [-0.2, 0) is 16.0 Å². The third kappa shape index (κ3) is 6.10. The molecule has 2 unspecified atom stereocenters. The molecule has 4 aromatic rings. The molecular weight excluding hydrogens is 651 g/mol. The third-order valence-electron chi connectivity index (χ3n) is 6.64. The first kappa shape index (κ1) is 29.5. The second-order valence-electron chi connectivity index (χ2n) is 9.37. The topological polar surface area (TPSA) is 138 Å². The molecule has 11 nitrogen and oxygen atoms in total. The number of methoxy groups -OCH3 is 1. The smallest absolute Gasteiger partial charge is 0.280 e. The lowest BCUT2D eigenvalue weighted by Crippen LogP contribution is -2.64. The number of phenolic OH excluding ortho intramolecular Hbond substituents is 1. The Morgan fingerprint density at radius 1 is 1.12 bits per heavy atom. The van der Waals surface area contributed by atoms with Gasteiger partial charge in [0.2, 0.25) is 0 Å². The molecule has 2 atom stereocenters. The van der Waals surface area contributed by atoms with E-state index in [1.54, 1.807) is 42.5 Å². The third-order valence-corrected chi connectivity index (χ3v) is 7.81. The number of hydrazine groups is 1. The van der Waals surface area contributed by atoms with Crippen LogP contribution in [-0.4, -0.2) is 57.2 Å². The summed E-state index contributed by atoms with van der Waals surface area (Å²) in [5.74, 6) is -0.548. The molecule has 1 aliphatic heterocycles. The minimum absolute atomic E-state index is 0.0709. The van der Waals surface area contributed by atoms with Gasteiger partial charge in [-0.3, -0.25) is 19.8 Å². The average molecular weight is 676 g/mol. The van der Waals surface area contributed by atoms with Gasteiger partial charge < -0.3 is 20.6 Å². The van der Waals surface area contributed by atoms with Crippen molar-refractivity contribution in [2.75, 3.05) is 30.9 Å². The summed E-state index contributed by atoms with van der Waals surface area (Å²) in [4.78, 5) is 43.6. The largest absolute Gasteiger partial charge is 0.504 e. The summed E-state index contributed by atoms with van der Waals surface area (Å²) in [6.45, 7) is 0.0994. The molecule has 1 saturated heterocycles. The highest BCUT2D eigenvalue weighted by Crippen LogP contribution is 2.40. The average Bonchev–Trinajstić information content (AvgIpc) is 2.98. The van der Waals surface area contributed by atoms with E-state index in [1.807, 2.05) is 12.1 Å². The minimum atomic E-state index is -0.919. The van der Waals surface area contributed by atoms with Gasteiger partial charge in [-0.15, -0.1) is 11.6 Å². The van der Waals surface area contributed by atoms with Crippen molar-refractivity contribution in [1.29, 1.82) is 0 Å². The number of aromatic nitrogens is 2. The van der Waals surface area contributed by atoms with Crippen molar-refractivity contribution in [1.82, 2.24) is 20.1 Å². The molecular formula is C28H25BrCl2N6O5. The maximum absolute atomic E-state index is 13.5. The van der Waals surface area contributed by atoms with Gasteiger partial charge in [0.25, 0.3) is 17.4 Å². The fraction of sp³-hybridized carbons (Fsp3) is 0.214. The zero-order valence-electron chi connectivity index (χ0n) is 22.1. The first-order chi connectivity index (χ1) is 20.2. The molecule has 0 radical (unpaired) electrons. The van der Waals surface area contributed by atoms with E-state index < -0.39 is 23.2 Å². The van der Waals surface area contributed by atoms with Crippen LogP contribution >= 0.6 is 39.1 Å². The van der Waals surface area contributed by atoms with Crippen molar-refractivity contribution in [3.8, 4) is 11.5 Å². The summed E-state index contributed by atoms with van der Waals surface area (Å²) < 4.78 is 7.09. The maximum Gasteiger partial charge on any atom is 0.280 e. The number of amides is 2. The molecule has 42 heavy (non-hydrogen) atoms. The van der Waals surface area contributed by atoms with Gasteiger partial charge >= 0.3 is 0 Å². The van der Waals surface area contributed by atoms with Gasteiger partial charge in [-0.1, -0.05) is 33.6 Å². The Hall–Kier alpha value is -4.00. The van der Waals surface area contributed by atoms with E-state index in [1.165, 1.54) is 17.9 Å². The molecule has 218 valence electrons. The zero-order valence-corrected chi connectivity index (χ0v) is 25.2. The number of ether oxygens (including phenoxy) is 1. The van der Waals surface area contributed by atoms with E-state index >= 15 is 0 Å². The number of aromatic hydroxyl groups is 1. The van der Waals surface area contributed by atoms with Crippen molar-refractivity contribution in [2.24, 2.45) is 0 Å². The van der Waals surface area contributed by atoms with E-state index in [0.29, 0.717) is 44.8 Å². The first-order valence-electron chi connectivity index (χ1n) is 12.7. The van der Waals surface area contributed by atoms with Crippen molar-refractivity contribution in [3.63, 3.8) is 0 Å². The molecule has 0 aliphatic carbocycles. The lowest BCUT2D eigenvalue weighted by Gasteiger charge is -2.44. The summed E-state index contributed by atoms with van der Waals surface area (Å²) in [6, 6.07) is 16.3. The number of fused-ring (bicyclic) bond motifs is 1. The van der Waals surface area contributed by atoms with Crippen LogP contribution in [0.25, 0.3) is 10.9 Å². The maximum atomic E-state index is 13.5. The number of hydrogen-bond donors (Lipinski definition) is 4. The van der Waals surface area contributed by atoms with Crippen molar-refractivity contribution < 1.29 is 19.4 Å². The number of β-lactam (4-membered cyclic amide) rings is 1. The van der Waals surface area contributed by atoms with Gasteiger partial charge in [0.05, 0.1) is 18.0 Å². The van der Waals surface area contributed by atoms with Crippen molar-refractivity contribution in [2.45, 2.75) is 17.8 Å². The molecule has 1 aromatic heterocycles. The van der Waals surface area contributed by atoms with Gasteiger partial charge in [-0.2, -0.15) is 0 Å². The van der Waals surface area contributed by atoms with E-state index in [0.717, 1.165) is 10.7 Å². The number of benzene rings is 3. The second kappa shape index (κ2) is 12.5. The Morgan fingerprint density at radius 3 is 2.62 bits per heavy atom. The number of hydrogen-bond acceptors (Lipinski definition) is 8. The van der Waals surface area contributed by atoms with Gasteiger partial charge in [-0.25, -0.2) is 14.7 Å². The molecule has 0 bridgehead atoms. The van der Waals surface area contributed by atoms with Crippen LogP contribution in [0.1, 0.15) is 17.4 Å². The predicted molar refractivity (Wildman–Crippen MR) is 164 cm³/mol. The fourth-order valence-electron chi connectivity index (χ4n) is 4.52. The monoisotopic (exact) mass is 674 g/mol. The molecule has 0 saturated carbocycles. The Balaban J connectivity index is 1.32. The number of anilines is 1. The Labute approximate surface area is 258 Å². The number of phenols is 1. The minimum Gasteiger partial charge on any atom is -0.504 e. The number of nitrogens with one attached hydrogen (secondary N) is 3. The van der Waals surface area contributed by atoms with Crippen molar-refractivity contribution >= 4 is 67.5 Å². The molecule has 4 N–H and O–H groups in total. The Bertz CT molecular complexity index is 1720. The van der Waals surface area contributed by atoms with Crippen molar-refractivity contribution in [3.05, 3.63) is 91.9 Å². The van der Waals surface area contributed by atoms with Crippen LogP contribution in [0.3, 0.4) is 0 Å². The highest BCUT2D eigenvalue weighted by Gasteiger charge is 2.48. The lowest BCUT2D eigenvalue weighted by molar-refractivity contribution is -0.156. The van der Waals surface area contributed by atoms with Gasteiger partial charge in [0, 0.05) is 28.1 Å². The zero-order chi connectivity index (χ0) is 30.0. The van der Waals surface area contributed by atoms with E-state index in [-0.39, 0.29) is 23.6 Å². The number of halogens is 3. The van der Waals surface area contributed by atoms with Gasteiger partial charge in [-0.05, 0) is 60.2 Å².